The van der Waals surface area contributed by atoms with Crippen molar-refractivity contribution in [2.45, 2.75) is 27.7 Å². The first-order valence-corrected chi connectivity index (χ1v) is 8.99. The van der Waals surface area contributed by atoms with Gasteiger partial charge in [0.1, 0.15) is 5.00 Å². The van der Waals surface area contributed by atoms with Gasteiger partial charge in [-0.05, 0) is 51.3 Å². The lowest BCUT2D eigenvalue weighted by atomic mass is 10.2. The van der Waals surface area contributed by atoms with E-state index in [4.69, 9.17) is 16.7 Å². The molecule has 0 saturated carbocycles. The highest BCUT2D eigenvalue weighted by Crippen LogP contribution is 2.34. The van der Waals surface area contributed by atoms with Crippen molar-refractivity contribution in [1.82, 2.24) is 19.2 Å². The van der Waals surface area contributed by atoms with Crippen LogP contribution in [0.1, 0.15) is 22.8 Å². The molecule has 4 rings (SSSR count). The average molecular weight is 357 g/mol. The second-order valence-corrected chi connectivity index (χ2v) is 7.26. The minimum absolute atomic E-state index is 0.666. The molecule has 0 radical (unpaired) electrons. The lowest BCUT2D eigenvalue weighted by Gasteiger charge is -2.08. The summed E-state index contributed by atoms with van der Waals surface area (Å²) in [5.74, 6) is 0. The molecule has 0 N–H and O–H groups in total. The van der Waals surface area contributed by atoms with Crippen molar-refractivity contribution in [2.24, 2.45) is 0 Å². The van der Waals surface area contributed by atoms with Crippen molar-refractivity contribution in [3.05, 3.63) is 57.4 Å². The fourth-order valence-electron chi connectivity index (χ4n) is 3.06. The number of thiophene rings is 1. The number of halogens is 1. The molecule has 0 atom stereocenters. The van der Waals surface area contributed by atoms with Crippen LogP contribution in [-0.2, 0) is 0 Å². The molecule has 4 aromatic rings. The summed E-state index contributed by atoms with van der Waals surface area (Å²) in [6.07, 6.45) is 0. The summed E-state index contributed by atoms with van der Waals surface area (Å²) in [6.45, 7) is 8.13. The van der Waals surface area contributed by atoms with E-state index in [1.807, 2.05) is 24.4 Å². The smallest absolute Gasteiger partial charge is 0.156 e. The Morgan fingerprint density at radius 2 is 1.75 bits per heavy atom. The third-order valence-electron chi connectivity index (χ3n) is 4.32. The molecule has 0 unspecified atom stereocenters. The SMILES string of the molecule is Cc1nc2cc(-c3ccsc3-n3c(C)ccc3C)nn2c(C)c1Cl. The van der Waals surface area contributed by atoms with Crippen molar-refractivity contribution in [1.29, 1.82) is 0 Å². The van der Waals surface area contributed by atoms with Crippen LogP contribution in [0.25, 0.3) is 21.9 Å². The summed E-state index contributed by atoms with van der Waals surface area (Å²) in [4.78, 5) is 4.56. The van der Waals surface area contributed by atoms with E-state index in [1.165, 1.54) is 16.4 Å². The van der Waals surface area contributed by atoms with Crippen LogP contribution in [0.15, 0.2) is 29.6 Å². The standard InChI is InChI=1S/C18H17ClN4S/c1-10-5-6-11(2)22(10)18-14(7-8-24-18)15-9-16-20-12(3)17(19)13(4)23(16)21-15/h5-9H,1-4H3. The van der Waals surface area contributed by atoms with Crippen LogP contribution in [0.4, 0.5) is 0 Å². The van der Waals surface area contributed by atoms with Gasteiger partial charge in [-0.25, -0.2) is 9.50 Å². The molecular weight excluding hydrogens is 340 g/mol. The number of rotatable bonds is 2. The minimum Gasteiger partial charge on any atom is -0.310 e. The van der Waals surface area contributed by atoms with Gasteiger partial charge in [-0.15, -0.1) is 11.3 Å². The van der Waals surface area contributed by atoms with Crippen molar-refractivity contribution in [3.8, 4) is 16.3 Å². The number of hydrogen-bond acceptors (Lipinski definition) is 3. The molecule has 0 amide bonds. The predicted octanol–water partition coefficient (Wildman–Crippen LogP) is 5.14. The monoisotopic (exact) mass is 356 g/mol. The fraction of sp³-hybridized carbons (Fsp3) is 0.222. The topological polar surface area (TPSA) is 35.1 Å². The quantitative estimate of drug-likeness (QED) is 0.498. The molecule has 122 valence electrons. The minimum atomic E-state index is 0.666. The first kappa shape index (κ1) is 15.4. The van der Waals surface area contributed by atoms with Gasteiger partial charge >= 0.3 is 0 Å². The van der Waals surface area contributed by atoms with Gasteiger partial charge in [0, 0.05) is 23.0 Å². The van der Waals surface area contributed by atoms with E-state index in [-0.39, 0.29) is 0 Å². The Morgan fingerprint density at radius 3 is 2.46 bits per heavy atom. The summed E-state index contributed by atoms with van der Waals surface area (Å²) < 4.78 is 4.09. The molecule has 24 heavy (non-hydrogen) atoms. The van der Waals surface area contributed by atoms with Crippen LogP contribution in [0, 0.1) is 27.7 Å². The highest BCUT2D eigenvalue weighted by Gasteiger charge is 2.17. The molecule has 6 heteroatoms. The zero-order valence-electron chi connectivity index (χ0n) is 14.0. The third-order valence-corrected chi connectivity index (χ3v) is 5.77. The van der Waals surface area contributed by atoms with Crippen molar-refractivity contribution < 1.29 is 0 Å². The number of fused-ring (bicyclic) bond motifs is 1. The molecule has 4 heterocycles. The zero-order chi connectivity index (χ0) is 17.0. The van der Waals surface area contributed by atoms with Crippen LogP contribution in [0.3, 0.4) is 0 Å². The Bertz CT molecular complexity index is 1050. The molecule has 0 fully saturated rings. The van der Waals surface area contributed by atoms with E-state index in [9.17, 15) is 0 Å². The normalized spacial score (nSPS) is 11.5. The molecule has 0 saturated heterocycles. The maximum Gasteiger partial charge on any atom is 0.156 e. The number of aryl methyl sites for hydroxylation is 4. The first-order chi connectivity index (χ1) is 11.5. The molecule has 0 spiro atoms. The predicted molar refractivity (Wildman–Crippen MR) is 99.6 cm³/mol. The molecule has 0 aliphatic heterocycles. The molecule has 4 nitrogen and oxygen atoms in total. The Morgan fingerprint density at radius 1 is 1.04 bits per heavy atom. The fourth-order valence-corrected chi connectivity index (χ4v) is 4.21. The molecule has 0 aliphatic rings. The lowest BCUT2D eigenvalue weighted by Crippen LogP contribution is -2.00. The van der Waals surface area contributed by atoms with E-state index >= 15 is 0 Å². The number of hydrogen-bond donors (Lipinski definition) is 0. The Kier molecular flexibility index (Phi) is 3.51. The first-order valence-electron chi connectivity index (χ1n) is 7.73. The molecular formula is C18H17ClN4S. The van der Waals surface area contributed by atoms with Gasteiger partial charge in [-0.1, -0.05) is 11.6 Å². The van der Waals surface area contributed by atoms with Gasteiger partial charge in [-0.3, -0.25) is 0 Å². The van der Waals surface area contributed by atoms with E-state index in [1.54, 1.807) is 11.3 Å². The summed E-state index contributed by atoms with van der Waals surface area (Å²) in [6, 6.07) is 8.41. The molecule has 4 aromatic heterocycles. The summed E-state index contributed by atoms with van der Waals surface area (Å²) in [7, 11) is 0. The van der Waals surface area contributed by atoms with Crippen molar-refractivity contribution in [2.75, 3.05) is 0 Å². The molecule has 0 aromatic carbocycles. The van der Waals surface area contributed by atoms with Crippen LogP contribution in [0.2, 0.25) is 5.02 Å². The van der Waals surface area contributed by atoms with Crippen molar-refractivity contribution >= 4 is 28.6 Å². The Hall–Kier alpha value is -2.11. The van der Waals surface area contributed by atoms with Gasteiger partial charge in [0.25, 0.3) is 0 Å². The highest BCUT2D eigenvalue weighted by atomic mass is 35.5. The van der Waals surface area contributed by atoms with Gasteiger partial charge in [0.2, 0.25) is 0 Å². The second kappa shape index (κ2) is 5.46. The van der Waals surface area contributed by atoms with Gasteiger partial charge < -0.3 is 4.57 Å². The molecule has 0 bridgehead atoms. The molecule has 0 aliphatic carbocycles. The average Bonchev–Trinajstić information content (AvgIpc) is 3.24. The van der Waals surface area contributed by atoms with Crippen LogP contribution < -0.4 is 0 Å². The largest absolute Gasteiger partial charge is 0.310 e. The maximum atomic E-state index is 6.32. The van der Waals surface area contributed by atoms with Gasteiger partial charge in [0.15, 0.2) is 5.65 Å². The van der Waals surface area contributed by atoms with Crippen LogP contribution in [-0.4, -0.2) is 19.2 Å². The lowest BCUT2D eigenvalue weighted by molar-refractivity contribution is 0.888. The van der Waals surface area contributed by atoms with E-state index < -0.39 is 0 Å². The second-order valence-electron chi connectivity index (χ2n) is 5.99. The van der Waals surface area contributed by atoms with E-state index in [0.29, 0.717) is 5.02 Å². The maximum absolute atomic E-state index is 6.32. The number of nitrogens with zero attached hydrogens (tertiary/aromatic N) is 4. The van der Waals surface area contributed by atoms with Crippen LogP contribution >= 0.6 is 22.9 Å². The van der Waals surface area contributed by atoms with Gasteiger partial charge in [-0.2, -0.15) is 5.10 Å². The van der Waals surface area contributed by atoms with Gasteiger partial charge in [0.05, 0.1) is 22.1 Å². The highest BCUT2D eigenvalue weighted by molar-refractivity contribution is 7.13. The Labute approximate surface area is 149 Å². The zero-order valence-corrected chi connectivity index (χ0v) is 15.5. The van der Waals surface area contributed by atoms with Crippen molar-refractivity contribution in [3.63, 3.8) is 0 Å². The summed E-state index contributed by atoms with van der Waals surface area (Å²) in [5.41, 5.74) is 7.02. The van der Waals surface area contributed by atoms with E-state index in [0.717, 1.165) is 28.3 Å². The van der Waals surface area contributed by atoms with E-state index in [2.05, 4.69) is 47.0 Å². The number of aromatic nitrogens is 4. The van der Waals surface area contributed by atoms with Crippen LogP contribution in [0.5, 0.6) is 0 Å². The summed E-state index contributed by atoms with van der Waals surface area (Å²) >= 11 is 8.04. The third kappa shape index (κ3) is 2.19. The summed E-state index contributed by atoms with van der Waals surface area (Å²) in [5, 5.41) is 8.70. The Balaban J connectivity index is 1.94.